The molecule has 1 fully saturated rings. The Labute approximate surface area is 144 Å². The van der Waals surface area contributed by atoms with Crippen LogP contribution in [0, 0.1) is 5.92 Å². The summed E-state index contributed by atoms with van der Waals surface area (Å²) in [6, 6.07) is 3.57. The molecule has 3 heterocycles. The van der Waals surface area contributed by atoms with E-state index >= 15 is 0 Å². The number of amides is 2. The second-order valence-electron chi connectivity index (χ2n) is 6.45. The minimum Gasteiger partial charge on any atom is -0.349 e. The number of fused-ring (bicyclic) bond motifs is 1. The maximum Gasteiger partial charge on any atom is 0.245 e. The summed E-state index contributed by atoms with van der Waals surface area (Å²) in [7, 11) is 0. The summed E-state index contributed by atoms with van der Waals surface area (Å²) in [4.78, 5) is 32.4. The lowest BCUT2D eigenvalue weighted by atomic mass is 9.84. The molecule has 1 aliphatic heterocycles. The van der Waals surface area contributed by atoms with Gasteiger partial charge in [0.2, 0.25) is 11.8 Å². The van der Waals surface area contributed by atoms with E-state index in [1.54, 1.807) is 23.9 Å². The molecule has 0 unspecified atom stereocenters. The van der Waals surface area contributed by atoms with Gasteiger partial charge in [-0.25, -0.2) is 4.98 Å². The third-order valence-corrected chi connectivity index (χ3v) is 5.79. The van der Waals surface area contributed by atoms with E-state index in [-0.39, 0.29) is 17.7 Å². The van der Waals surface area contributed by atoms with Gasteiger partial charge in [-0.3, -0.25) is 9.59 Å². The van der Waals surface area contributed by atoms with Crippen LogP contribution >= 0.6 is 11.3 Å². The maximum atomic E-state index is 12.7. The van der Waals surface area contributed by atoms with E-state index in [0.717, 1.165) is 29.8 Å². The van der Waals surface area contributed by atoms with Crippen molar-refractivity contribution in [1.82, 2.24) is 19.8 Å². The second kappa shape index (κ2) is 6.39. The van der Waals surface area contributed by atoms with Gasteiger partial charge in [0.1, 0.15) is 6.04 Å². The Morgan fingerprint density at radius 3 is 2.96 bits per heavy atom. The summed E-state index contributed by atoms with van der Waals surface area (Å²) < 4.78 is 1.90. The number of carbonyl (C=O) groups excluding carboxylic acids is 2. The zero-order valence-corrected chi connectivity index (χ0v) is 14.2. The normalized spacial score (nSPS) is 20.3. The van der Waals surface area contributed by atoms with Crippen molar-refractivity contribution in [3.05, 3.63) is 40.6 Å². The van der Waals surface area contributed by atoms with Crippen molar-refractivity contribution < 1.29 is 9.59 Å². The minimum atomic E-state index is -0.403. The van der Waals surface area contributed by atoms with Gasteiger partial charge in [-0.1, -0.05) is 12.5 Å². The molecule has 1 atom stereocenters. The van der Waals surface area contributed by atoms with E-state index in [4.69, 9.17) is 0 Å². The molecule has 1 N–H and O–H groups in total. The molecule has 6 nitrogen and oxygen atoms in total. The van der Waals surface area contributed by atoms with Crippen LogP contribution in [0.25, 0.3) is 0 Å². The van der Waals surface area contributed by atoms with E-state index in [9.17, 15) is 9.59 Å². The Hall–Kier alpha value is -2.15. The number of aromatic nitrogens is 2. The number of imidazole rings is 1. The van der Waals surface area contributed by atoms with Crippen molar-refractivity contribution in [2.75, 3.05) is 6.54 Å². The van der Waals surface area contributed by atoms with Gasteiger partial charge in [0, 0.05) is 17.0 Å². The van der Waals surface area contributed by atoms with Crippen molar-refractivity contribution in [2.24, 2.45) is 5.92 Å². The fourth-order valence-electron chi connectivity index (χ4n) is 3.29. The molecule has 1 saturated carbocycles. The summed E-state index contributed by atoms with van der Waals surface area (Å²) in [6.45, 7) is 1.49. The van der Waals surface area contributed by atoms with E-state index in [1.165, 1.54) is 0 Å². The zero-order chi connectivity index (χ0) is 16.5. The number of rotatable bonds is 4. The van der Waals surface area contributed by atoms with Crippen LogP contribution in [-0.2, 0) is 22.7 Å². The molecule has 0 spiro atoms. The molecule has 7 heteroatoms. The third kappa shape index (κ3) is 2.84. The molecule has 1 aliphatic carbocycles. The van der Waals surface area contributed by atoms with Crippen LogP contribution in [0.5, 0.6) is 0 Å². The molecule has 0 aromatic carbocycles. The lowest BCUT2D eigenvalue weighted by Gasteiger charge is -2.37. The molecule has 0 radical (unpaired) electrons. The molecular formula is C17H20N4O2S. The van der Waals surface area contributed by atoms with Gasteiger partial charge >= 0.3 is 0 Å². The van der Waals surface area contributed by atoms with E-state index in [1.807, 2.05) is 27.0 Å². The summed E-state index contributed by atoms with van der Waals surface area (Å²) >= 11 is 1.62. The first-order valence-electron chi connectivity index (χ1n) is 8.32. The molecule has 2 aromatic heterocycles. The summed E-state index contributed by atoms with van der Waals surface area (Å²) in [5, 5.41) is 4.98. The average Bonchev–Trinajstić information content (AvgIpc) is 3.20. The van der Waals surface area contributed by atoms with Gasteiger partial charge < -0.3 is 14.8 Å². The van der Waals surface area contributed by atoms with E-state index in [0.29, 0.717) is 19.6 Å². The van der Waals surface area contributed by atoms with Gasteiger partial charge in [0.15, 0.2) is 0 Å². The highest BCUT2D eigenvalue weighted by molar-refractivity contribution is 7.09. The molecule has 0 bridgehead atoms. The predicted molar refractivity (Wildman–Crippen MR) is 90.2 cm³/mol. The Morgan fingerprint density at radius 1 is 1.38 bits per heavy atom. The standard InChI is InChI=1S/C17H20N4O2S/c22-16(19-8-14-5-2-6-24-14)15-10-20(17(23)12-3-1-4-12)9-13-7-18-11-21(13)15/h2,5-7,11-12,15H,1,3-4,8-10H2,(H,19,22)/t15-/m0/s1. The summed E-state index contributed by atoms with van der Waals surface area (Å²) in [6.07, 6.45) is 6.52. The summed E-state index contributed by atoms with van der Waals surface area (Å²) in [5.74, 6) is 0.271. The van der Waals surface area contributed by atoms with E-state index in [2.05, 4.69) is 10.3 Å². The highest BCUT2D eigenvalue weighted by Gasteiger charge is 2.36. The lowest BCUT2D eigenvalue weighted by Crippen LogP contribution is -2.48. The van der Waals surface area contributed by atoms with Gasteiger partial charge in [-0.2, -0.15) is 0 Å². The quantitative estimate of drug-likeness (QED) is 0.922. The zero-order valence-electron chi connectivity index (χ0n) is 13.4. The fraction of sp³-hybridized carbons (Fsp3) is 0.471. The molecular weight excluding hydrogens is 324 g/mol. The molecule has 4 rings (SSSR count). The van der Waals surface area contributed by atoms with Crippen LogP contribution in [0.3, 0.4) is 0 Å². The van der Waals surface area contributed by atoms with Crippen LogP contribution in [0.4, 0.5) is 0 Å². The first-order valence-corrected chi connectivity index (χ1v) is 9.20. The lowest BCUT2D eigenvalue weighted by molar-refractivity contribution is -0.141. The number of hydrogen-bond acceptors (Lipinski definition) is 4. The van der Waals surface area contributed by atoms with Crippen LogP contribution in [-0.4, -0.2) is 32.8 Å². The molecule has 2 aliphatic rings. The van der Waals surface area contributed by atoms with E-state index < -0.39 is 6.04 Å². The smallest absolute Gasteiger partial charge is 0.245 e. The Kier molecular flexibility index (Phi) is 4.10. The number of nitrogens with zero attached hydrogens (tertiary/aromatic N) is 3. The van der Waals surface area contributed by atoms with Gasteiger partial charge in [0.25, 0.3) is 0 Å². The molecule has 2 amide bonds. The second-order valence-corrected chi connectivity index (χ2v) is 7.48. The van der Waals surface area contributed by atoms with Crippen molar-refractivity contribution in [2.45, 2.75) is 38.4 Å². The van der Waals surface area contributed by atoms with Crippen molar-refractivity contribution in [3.63, 3.8) is 0 Å². The number of thiophene rings is 1. The topological polar surface area (TPSA) is 67.2 Å². The van der Waals surface area contributed by atoms with Gasteiger partial charge in [0.05, 0.1) is 31.7 Å². The van der Waals surface area contributed by atoms with Gasteiger partial charge in [-0.05, 0) is 24.3 Å². The van der Waals surface area contributed by atoms with Crippen molar-refractivity contribution in [1.29, 1.82) is 0 Å². The number of nitrogens with one attached hydrogen (secondary N) is 1. The fourth-order valence-corrected chi connectivity index (χ4v) is 3.93. The van der Waals surface area contributed by atoms with Crippen molar-refractivity contribution >= 4 is 23.2 Å². The van der Waals surface area contributed by atoms with Crippen molar-refractivity contribution in [3.8, 4) is 0 Å². The van der Waals surface area contributed by atoms with Crippen LogP contribution in [0.1, 0.15) is 35.9 Å². The first-order chi connectivity index (χ1) is 11.7. The largest absolute Gasteiger partial charge is 0.349 e. The molecule has 2 aromatic rings. The maximum absolute atomic E-state index is 12.7. The van der Waals surface area contributed by atoms with Crippen LogP contribution in [0.2, 0.25) is 0 Å². The summed E-state index contributed by atoms with van der Waals surface area (Å²) in [5.41, 5.74) is 0.921. The molecule has 0 saturated heterocycles. The van der Waals surface area contributed by atoms with Crippen LogP contribution < -0.4 is 5.32 Å². The monoisotopic (exact) mass is 344 g/mol. The minimum absolute atomic E-state index is 0.0613. The SMILES string of the molecule is O=C(NCc1cccs1)[C@@H]1CN(C(=O)C2CCC2)Cc2cncn21. The molecule has 126 valence electrons. The predicted octanol–water partition coefficient (Wildman–Crippen LogP) is 1.94. The van der Waals surface area contributed by atoms with Crippen LogP contribution in [0.15, 0.2) is 30.0 Å². The highest BCUT2D eigenvalue weighted by Crippen LogP contribution is 2.31. The number of hydrogen-bond donors (Lipinski definition) is 1. The average molecular weight is 344 g/mol. The molecule has 24 heavy (non-hydrogen) atoms. The van der Waals surface area contributed by atoms with Gasteiger partial charge in [-0.15, -0.1) is 11.3 Å². The first kappa shape index (κ1) is 15.4. The Balaban J connectivity index is 1.48. The number of carbonyl (C=O) groups is 2. The Morgan fingerprint density at radius 2 is 2.25 bits per heavy atom. The highest BCUT2D eigenvalue weighted by atomic mass is 32.1. The Bertz CT molecular complexity index is 736. The third-order valence-electron chi connectivity index (χ3n) is 4.91.